The van der Waals surface area contributed by atoms with Crippen molar-refractivity contribution in [2.24, 2.45) is 11.8 Å². The molecule has 0 spiro atoms. The van der Waals surface area contributed by atoms with Crippen LogP contribution < -0.4 is 9.47 Å². The van der Waals surface area contributed by atoms with E-state index >= 15 is 0 Å². The van der Waals surface area contributed by atoms with E-state index in [0.29, 0.717) is 34.3 Å². The Morgan fingerprint density at radius 1 is 0.762 bits per heavy atom. The molecule has 2 bridgehead atoms. The predicted octanol–water partition coefficient (Wildman–Crippen LogP) is 13.4. The van der Waals surface area contributed by atoms with E-state index in [1.54, 1.807) is 7.11 Å². The fraction of sp³-hybridized carbons (Fsp3) is 0.196. The van der Waals surface area contributed by atoms with Crippen molar-refractivity contribution in [3.63, 3.8) is 0 Å². The minimum Gasteiger partial charge on any atom is -0.495 e. The minimum atomic E-state index is -0.427. The zero-order valence-electron chi connectivity index (χ0n) is 35.7. The fourth-order valence-corrected chi connectivity index (χ4v) is 10.7. The van der Waals surface area contributed by atoms with Crippen molar-refractivity contribution < 1.29 is 14.0 Å². The van der Waals surface area contributed by atoms with Gasteiger partial charge in [0.15, 0.2) is 11.9 Å². The van der Waals surface area contributed by atoms with Crippen LogP contribution in [0.1, 0.15) is 35.6 Å². The monoisotopic (exact) mass is 845 g/mol. The van der Waals surface area contributed by atoms with Crippen LogP contribution in [0.2, 0.25) is 5.15 Å². The first-order valence-corrected chi connectivity index (χ1v) is 22.3. The lowest BCUT2D eigenvalue weighted by Crippen LogP contribution is -2.68. The topological polar surface area (TPSA) is 57.1 Å². The number of pyridine rings is 1. The molecule has 8 aromatic rings. The molecule has 5 heterocycles. The molecule has 0 radical (unpaired) electrons. The molecule has 3 fully saturated rings. The van der Waals surface area contributed by atoms with E-state index in [9.17, 15) is 0 Å². The highest BCUT2D eigenvalue weighted by Gasteiger charge is 2.55. The number of fused-ring (bicyclic) bond motifs is 4. The van der Waals surface area contributed by atoms with Gasteiger partial charge in [-0.1, -0.05) is 151 Å². The van der Waals surface area contributed by atoms with Gasteiger partial charge >= 0.3 is 0 Å². The highest BCUT2D eigenvalue weighted by Crippen LogP contribution is 2.51. The van der Waals surface area contributed by atoms with Gasteiger partial charge in [-0.15, -0.1) is 6.58 Å². The number of aryl methyl sites for hydroxylation is 1. The summed E-state index contributed by atoms with van der Waals surface area (Å²) in [5.74, 6) is 2.69. The Bertz CT molecular complexity index is 2850. The number of ether oxygens (including phenoxy) is 2. The van der Waals surface area contributed by atoms with E-state index in [1.165, 1.54) is 5.56 Å². The fourth-order valence-electron chi connectivity index (χ4n) is 10.5. The molecular formula is C56H50ClN4O2+. The van der Waals surface area contributed by atoms with Gasteiger partial charge in [0.05, 0.1) is 31.3 Å². The molecule has 0 aliphatic carbocycles. The third kappa shape index (κ3) is 7.79. The number of aromatic nitrogens is 3. The SMILES string of the molecule is C=CC1C[N+]2(Cc3cc(-c4ccccc4)c(OC)c(-c4ccccc4)c3)CCC1CC2[C@@H](Oc1nc(-c2ccccc2)nc(Cl)c1-c1ccccc1)c1ccnc2ccc(C)cc12. The molecule has 3 saturated heterocycles. The van der Waals surface area contributed by atoms with Crippen LogP contribution in [0.15, 0.2) is 177 Å². The lowest BCUT2D eigenvalue weighted by molar-refractivity contribution is -0.984. The Morgan fingerprint density at radius 3 is 2.00 bits per heavy atom. The van der Waals surface area contributed by atoms with E-state index in [-0.39, 0.29) is 6.04 Å². The quantitative estimate of drug-likeness (QED) is 0.0696. The molecule has 3 aliphatic heterocycles. The van der Waals surface area contributed by atoms with Crippen LogP contribution >= 0.6 is 11.6 Å². The second-order valence-electron chi connectivity index (χ2n) is 17.2. The van der Waals surface area contributed by atoms with Crippen LogP contribution in [0.3, 0.4) is 0 Å². The van der Waals surface area contributed by atoms with Crippen LogP contribution in [-0.2, 0) is 6.54 Å². The molecule has 7 heteroatoms. The molecule has 2 aromatic heterocycles. The van der Waals surface area contributed by atoms with Gasteiger partial charge in [-0.05, 0) is 59.9 Å². The maximum absolute atomic E-state index is 7.70. The number of methoxy groups -OCH3 is 1. The number of nitrogens with zero attached hydrogens (tertiary/aromatic N) is 4. The molecule has 63 heavy (non-hydrogen) atoms. The first kappa shape index (κ1) is 40.5. The maximum Gasteiger partial charge on any atom is 0.227 e. The molecule has 4 unspecified atom stereocenters. The van der Waals surface area contributed by atoms with Gasteiger partial charge in [0.2, 0.25) is 5.88 Å². The number of piperidine rings is 3. The van der Waals surface area contributed by atoms with Crippen molar-refractivity contribution in [3.05, 3.63) is 198 Å². The number of rotatable bonds is 12. The molecule has 0 N–H and O–H groups in total. The summed E-state index contributed by atoms with van der Waals surface area (Å²) in [6.45, 7) is 9.29. The molecule has 0 saturated carbocycles. The van der Waals surface area contributed by atoms with Crippen molar-refractivity contribution >= 4 is 22.5 Å². The zero-order chi connectivity index (χ0) is 42.9. The molecule has 11 rings (SSSR count). The van der Waals surface area contributed by atoms with Crippen molar-refractivity contribution in [1.82, 2.24) is 15.0 Å². The smallest absolute Gasteiger partial charge is 0.227 e. The Balaban J connectivity index is 1.18. The van der Waals surface area contributed by atoms with Crippen LogP contribution in [0.25, 0.3) is 55.7 Å². The van der Waals surface area contributed by atoms with E-state index in [0.717, 1.165) is 98.1 Å². The van der Waals surface area contributed by atoms with Crippen LogP contribution in [-0.4, -0.2) is 45.7 Å². The van der Waals surface area contributed by atoms with E-state index in [4.69, 9.17) is 36.0 Å². The third-order valence-corrected chi connectivity index (χ3v) is 13.7. The van der Waals surface area contributed by atoms with Crippen molar-refractivity contribution in [1.29, 1.82) is 0 Å². The van der Waals surface area contributed by atoms with Gasteiger partial charge in [0, 0.05) is 58.2 Å². The largest absolute Gasteiger partial charge is 0.495 e. The number of hydrogen-bond donors (Lipinski definition) is 0. The molecule has 3 aliphatic rings. The van der Waals surface area contributed by atoms with E-state index in [1.807, 2.05) is 66.9 Å². The maximum atomic E-state index is 7.70. The van der Waals surface area contributed by atoms with Crippen molar-refractivity contribution in [2.75, 3.05) is 20.2 Å². The van der Waals surface area contributed by atoms with Gasteiger partial charge in [-0.3, -0.25) is 4.98 Å². The number of quaternary nitrogens is 1. The highest BCUT2D eigenvalue weighted by molar-refractivity contribution is 6.32. The Morgan fingerprint density at radius 2 is 1.38 bits per heavy atom. The summed E-state index contributed by atoms with van der Waals surface area (Å²) in [6.07, 6.45) is 5.77. The minimum absolute atomic E-state index is 0.0334. The summed E-state index contributed by atoms with van der Waals surface area (Å²) < 4.78 is 14.8. The summed E-state index contributed by atoms with van der Waals surface area (Å²) in [7, 11) is 1.78. The average Bonchev–Trinajstić information content (AvgIpc) is 3.33. The standard InChI is InChI=1S/C56H50ClN4O2/c1-4-39-36-61(35-38-32-46(40-17-9-5-10-18-40)52(62-3)47(33-38)41-19-11-6-12-20-41)30-28-44(39)34-50(61)53(45-27-29-58-49-26-25-37(2)31-48(45)49)63-56-51(42-21-13-7-14-22-42)54(57)59-55(60-56)43-23-15-8-16-24-43/h4-27,29,31-33,39,44,50,53H,1,28,30,34-36H2,2-3H3/q+1/t39?,44?,50?,53-,61?/m0/s1. The van der Waals surface area contributed by atoms with Gasteiger partial charge in [-0.2, -0.15) is 4.98 Å². The number of benzene rings is 6. The highest BCUT2D eigenvalue weighted by atomic mass is 35.5. The summed E-state index contributed by atoms with van der Waals surface area (Å²) in [4.78, 5) is 15.0. The van der Waals surface area contributed by atoms with Gasteiger partial charge in [0.25, 0.3) is 0 Å². The molecule has 6 nitrogen and oxygen atoms in total. The molecule has 6 aromatic carbocycles. The third-order valence-electron chi connectivity index (χ3n) is 13.4. The van der Waals surface area contributed by atoms with Gasteiger partial charge in [0.1, 0.15) is 23.5 Å². The van der Waals surface area contributed by atoms with Gasteiger partial charge < -0.3 is 14.0 Å². The lowest BCUT2D eigenvalue weighted by Gasteiger charge is -2.58. The predicted molar refractivity (Wildman–Crippen MR) is 256 cm³/mol. The van der Waals surface area contributed by atoms with Crippen LogP contribution in [0, 0.1) is 18.8 Å². The zero-order valence-corrected chi connectivity index (χ0v) is 36.5. The first-order valence-electron chi connectivity index (χ1n) is 21.9. The Kier molecular flexibility index (Phi) is 11.1. The normalized spacial score (nSPS) is 19.7. The van der Waals surface area contributed by atoms with Crippen molar-refractivity contribution in [2.45, 2.75) is 38.5 Å². The molecule has 312 valence electrons. The number of halogens is 1. The molecule has 5 atom stereocenters. The van der Waals surface area contributed by atoms with Gasteiger partial charge in [-0.25, -0.2) is 4.98 Å². The van der Waals surface area contributed by atoms with E-state index in [2.05, 4.69) is 117 Å². The molecule has 0 amide bonds. The van der Waals surface area contributed by atoms with Crippen LogP contribution in [0.4, 0.5) is 0 Å². The molecular weight excluding hydrogens is 796 g/mol. The first-order chi connectivity index (χ1) is 30.9. The van der Waals surface area contributed by atoms with E-state index < -0.39 is 6.10 Å². The van der Waals surface area contributed by atoms with Crippen LogP contribution in [0.5, 0.6) is 11.6 Å². The Hall–Kier alpha value is -6.60. The Labute approximate surface area is 375 Å². The average molecular weight is 846 g/mol. The summed E-state index contributed by atoms with van der Waals surface area (Å²) in [5, 5.41) is 1.43. The summed E-state index contributed by atoms with van der Waals surface area (Å²) in [6, 6.07) is 54.8. The van der Waals surface area contributed by atoms with Crippen molar-refractivity contribution in [3.8, 4) is 56.4 Å². The second kappa shape index (κ2) is 17.3. The summed E-state index contributed by atoms with van der Waals surface area (Å²) >= 11 is 7.27. The number of hydrogen-bond acceptors (Lipinski definition) is 5. The second-order valence-corrected chi connectivity index (χ2v) is 17.6. The summed E-state index contributed by atoms with van der Waals surface area (Å²) in [5.41, 5.74) is 11.3. The lowest BCUT2D eigenvalue weighted by atomic mass is 9.71.